The first kappa shape index (κ1) is 17.3. The third-order valence-electron chi connectivity index (χ3n) is 4.46. The van der Waals surface area contributed by atoms with Crippen LogP contribution in [0.1, 0.15) is 52.0 Å². The maximum absolute atomic E-state index is 6.40. The summed E-state index contributed by atoms with van der Waals surface area (Å²) in [6, 6.07) is 6.30. The van der Waals surface area contributed by atoms with Crippen LogP contribution in [0.25, 0.3) is 0 Å². The Morgan fingerprint density at radius 2 is 1.86 bits per heavy atom. The highest BCUT2D eigenvalue weighted by molar-refractivity contribution is 9.10. The summed E-state index contributed by atoms with van der Waals surface area (Å²) in [5.74, 6) is 1.53. The van der Waals surface area contributed by atoms with Crippen molar-refractivity contribution in [3.63, 3.8) is 0 Å². The third-order valence-corrected chi connectivity index (χ3v) is 5.30. The van der Waals surface area contributed by atoms with Gasteiger partial charge in [0.15, 0.2) is 0 Å². The van der Waals surface area contributed by atoms with Crippen LogP contribution in [0.2, 0.25) is 5.02 Å². The molecule has 0 aliphatic heterocycles. The topological polar surface area (TPSA) is 12.0 Å². The molecule has 1 aromatic rings. The molecular weight excluding hydrogens is 346 g/mol. The van der Waals surface area contributed by atoms with Gasteiger partial charge in [-0.3, -0.25) is 0 Å². The molecule has 21 heavy (non-hydrogen) atoms. The molecule has 2 unspecified atom stereocenters. The minimum Gasteiger partial charge on any atom is -0.312 e. The van der Waals surface area contributed by atoms with Crippen molar-refractivity contribution in [3.8, 4) is 0 Å². The molecule has 0 radical (unpaired) electrons. The minimum absolute atomic E-state index is 0.206. The van der Waals surface area contributed by atoms with Gasteiger partial charge < -0.3 is 5.32 Å². The molecule has 1 saturated carbocycles. The molecule has 2 atom stereocenters. The Balaban J connectivity index is 2.01. The van der Waals surface area contributed by atoms with Gasteiger partial charge in [-0.05, 0) is 76.1 Å². The largest absolute Gasteiger partial charge is 0.312 e. The average Bonchev–Trinajstić information content (AvgIpc) is 2.40. The zero-order valence-electron chi connectivity index (χ0n) is 13.4. The lowest BCUT2D eigenvalue weighted by Gasteiger charge is -2.34. The van der Waals surface area contributed by atoms with E-state index in [-0.39, 0.29) is 5.54 Å². The summed E-state index contributed by atoms with van der Waals surface area (Å²) in [6.45, 7) is 7.87. The molecule has 1 fully saturated rings. The van der Waals surface area contributed by atoms with Gasteiger partial charge in [0.25, 0.3) is 0 Å². The summed E-state index contributed by atoms with van der Waals surface area (Å²) < 4.78 is 1.06. The van der Waals surface area contributed by atoms with Gasteiger partial charge in [0, 0.05) is 15.0 Å². The molecule has 118 valence electrons. The predicted molar refractivity (Wildman–Crippen MR) is 96.1 cm³/mol. The molecule has 0 bridgehead atoms. The number of rotatable bonds is 4. The first-order valence-corrected chi connectivity index (χ1v) is 9.21. The minimum atomic E-state index is 0.206. The fourth-order valence-corrected chi connectivity index (χ4v) is 3.98. The monoisotopic (exact) mass is 371 g/mol. The second kappa shape index (κ2) is 7.48. The van der Waals surface area contributed by atoms with Crippen molar-refractivity contribution >= 4 is 27.5 Å². The number of hydrogen-bond acceptors (Lipinski definition) is 1. The predicted octanol–water partition coefficient (Wildman–Crippen LogP) is 5.84. The van der Waals surface area contributed by atoms with Gasteiger partial charge in [-0.25, -0.2) is 0 Å². The molecule has 0 amide bonds. The third kappa shape index (κ3) is 5.58. The van der Waals surface area contributed by atoms with Crippen molar-refractivity contribution in [2.75, 3.05) is 6.54 Å². The molecule has 1 aromatic carbocycles. The van der Waals surface area contributed by atoms with Gasteiger partial charge in [0.1, 0.15) is 0 Å². The van der Waals surface area contributed by atoms with E-state index in [9.17, 15) is 0 Å². The second-order valence-corrected chi connectivity index (χ2v) is 8.70. The molecule has 1 aliphatic rings. The molecule has 3 heteroatoms. The van der Waals surface area contributed by atoms with E-state index in [1.54, 1.807) is 0 Å². The fourth-order valence-electron chi connectivity index (χ4n) is 3.23. The van der Waals surface area contributed by atoms with Gasteiger partial charge >= 0.3 is 0 Å². The molecular formula is C18H27BrClN. The van der Waals surface area contributed by atoms with Crippen LogP contribution < -0.4 is 5.32 Å². The van der Waals surface area contributed by atoms with Gasteiger partial charge in [-0.15, -0.1) is 0 Å². The van der Waals surface area contributed by atoms with Crippen LogP contribution in [0.5, 0.6) is 0 Å². The van der Waals surface area contributed by atoms with Gasteiger partial charge in [-0.2, -0.15) is 0 Å². The summed E-state index contributed by atoms with van der Waals surface area (Å²) in [5.41, 5.74) is 1.50. The van der Waals surface area contributed by atoms with E-state index in [1.165, 1.54) is 31.2 Å². The van der Waals surface area contributed by atoms with Crippen LogP contribution in [0.3, 0.4) is 0 Å². The Hall–Kier alpha value is -0.0500. The van der Waals surface area contributed by atoms with E-state index >= 15 is 0 Å². The van der Waals surface area contributed by atoms with Crippen LogP contribution >= 0.6 is 27.5 Å². The van der Waals surface area contributed by atoms with E-state index < -0.39 is 0 Å². The zero-order chi connectivity index (χ0) is 15.5. The summed E-state index contributed by atoms with van der Waals surface area (Å²) >= 11 is 9.89. The molecule has 1 N–H and O–H groups in total. The lowest BCUT2D eigenvalue weighted by Crippen LogP contribution is -2.41. The van der Waals surface area contributed by atoms with Crippen molar-refractivity contribution in [3.05, 3.63) is 33.3 Å². The Morgan fingerprint density at radius 3 is 2.48 bits per heavy atom. The molecule has 0 aromatic heterocycles. The van der Waals surface area contributed by atoms with Gasteiger partial charge in [0.05, 0.1) is 0 Å². The maximum Gasteiger partial charge on any atom is 0.0449 e. The number of hydrogen-bond donors (Lipinski definition) is 1. The zero-order valence-corrected chi connectivity index (χ0v) is 15.7. The molecule has 0 saturated heterocycles. The lowest BCUT2D eigenvalue weighted by atomic mass is 9.76. The number of halogens is 2. The first-order valence-electron chi connectivity index (χ1n) is 8.04. The second-order valence-electron chi connectivity index (χ2n) is 7.38. The van der Waals surface area contributed by atoms with E-state index in [0.29, 0.717) is 0 Å². The smallest absolute Gasteiger partial charge is 0.0449 e. The molecule has 1 nitrogen and oxygen atoms in total. The molecule has 0 heterocycles. The SMILES string of the molecule is CC(C)(C)NCC1CCCCC1Cc1ccc(Br)cc1Cl. The van der Waals surface area contributed by atoms with Crippen LogP contribution in [0, 0.1) is 11.8 Å². The standard InChI is InChI=1S/C18H27BrClN/c1-18(2,3)21-12-15-7-5-4-6-13(15)10-14-8-9-16(19)11-17(14)20/h8-9,11,13,15,21H,4-7,10,12H2,1-3H3. The highest BCUT2D eigenvalue weighted by Gasteiger charge is 2.26. The molecule has 2 rings (SSSR count). The Labute approximate surface area is 143 Å². The van der Waals surface area contributed by atoms with Crippen molar-refractivity contribution in [2.24, 2.45) is 11.8 Å². The Bertz CT molecular complexity index is 467. The molecule has 1 aliphatic carbocycles. The van der Waals surface area contributed by atoms with E-state index in [2.05, 4.69) is 54.2 Å². The van der Waals surface area contributed by atoms with Crippen molar-refractivity contribution < 1.29 is 0 Å². The summed E-state index contributed by atoms with van der Waals surface area (Å²) in [7, 11) is 0. The number of benzene rings is 1. The van der Waals surface area contributed by atoms with Crippen LogP contribution in [-0.2, 0) is 6.42 Å². The van der Waals surface area contributed by atoms with Crippen molar-refractivity contribution in [1.29, 1.82) is 0 Å². The normalized spacial score (nSPS) is 23.3. The van der Waals surface area contributed by atoms with E-state index in [0.717, 1.165) is 34.3 Å². The summed E-state index contributed by atoms with van der Waals surface area (Å²) in [6.07, 6.45) is 6.54. The van der Waals surface area contributed by atoms with Crippen molar-refractivity contribution in [2.45, 2.75) is 58.4 Å². The van der Waals surface area contributed by atoms with Gasteiger partial charge in [-0.1, -0.05) is 46.4 Å². The summed E-state index contributed by atoms with van der Waals surface area (Å²) in [5, 5.41) is 4.59. The highest BCUT2D eigenvalue weighted by atomic mass is 79.9. The molecule has 0 spiro atoms. The summed E-state index contributed by atoms with van der Waals surface area (Å²) in [4.78, 5) is 0. The van der Waals surface area contributed by atoms with Crippen LogP contribution in [0.4, 0.5) is 0 Å². The van der Waals surface area contributed by atoms with Crippen LogP contribution in [0.15, 0.2) is 22.7 Å². The lowest BCUT2D eigenvalue weighted by molar-refractivity contribution is 0.213. The van der Waals surface area contributed by atoms with Gasteiger partial charge in [0.2, 0.25) is 0 Å². The number of nitrogens with one attached hydrogen (secondary N) is 1. The quantitative estimate of drug-likeness (QED) is 0.700. The Kier molecular flexibility index (Phi) is 6.16. The first-order chi connectivity index (χ1) is 9.85. The van der Waals surface area contributed by atoms with Crippen LogP contribution in [-0.4, -0.2) is 12.1 Å². The maximum atomic E-state index is 6.40. The van der Waals surface area contributed by atoms with E-state index in [1.807, 2.05) is 6.07 Å². The fraction of sp³-hybridized carbons (Fsp3) is 0.667. The van der Waals surface area contributed by atoms with E-state index in [4.69, 9.17) is 11.6 Å². The average molecular weight is 373 g/mol. The Morgan fingerprint density at radius 1 is 1.19 bits per heavy atom. The highest BCUT2D eigenvalue weighted by Crippen LogP contribution is 2.34. The van der Waals surface area contributed by atoms with Crippen molar-refractivity contribution in [1.82, 2.24) is 5.32 Å².